The Hall–Kier alpha value is -2.21. The van der Waals surface area contributed by atoms with Gasteiger partial charge in [-0.2, -0.15) is 4.98 Å². The van der Waals surface area contributed by atoms with Gasteiger partial charge >= 0.3 is 0 Å². The molecule has 1 aliphatic carbocycles. The molecule has 0 N–H and O–H groups in total. The highest BCUT2D eigenvalue weighted by Crippen LogP contribution is 2.48. The minimum absolute atomic E-state index is 0.187. The Kier molecular flexibility index (Phi) is 5.35. The van der Waals surface area contributed by atoms with Crippen molar-refractivity contribution in [2.24, 2.45) is 11.3 Å². The second kappa shape index (κ2) is 8.14. The predicted molar refractivity (Wildman–Crippen MR) is 115 cm³/mol. The molecule has 1 aromatic heterocycles. The highest BCUT2D eigenvalue weighted by Gasteiger charge is 2.46. The van der Waals surface area contributed by atoms with Crippen LogP contribution in [0.1, 0.15) is 63.2 Å². The molecule has 1 atom stereocenters. The highest BCUT2D eigenvalue weighted by atomic mass is 16.5. The molecule has 2 saturated heterocycles. The molecule has 0 radical (unpaired) electrons. The molecule has 30 heavy (non-hydrogen) atoms. The van der Waals surface area contributed by atoms with Crippen LogP contribution in [-0.4, -0.2) is 52.5 Å². The van der Waals surface area contributed by atoms with Crippen molar-refractivity contribution >= 4 is 5.91 Å². The maximum atomic E-state index is 12.7. The molecule has 6 heteroatoms. The lowest BCUT2D eigenvalue weighted by molar-refractivity contribution is -0.134. The molecule has 1 saturated carbocycles. The molecule has 5 rings (SSSR count). The number of benzene rings is 1. The third kappa shape index (κ3) is 3.89. The Morgan fingerprint density at radius 2 is 1.90 bits per heavy atom. The zero-order chi connectivity index (χ0) is 20.6. The second-order valence-corrected chi connectivity index (χ2v) is 9.69. The molecule has 6 nitrogen and oxygen atoms in total. The Balaban J connectivity index is 1.21. The van der Waals surface area contributed by atoms with Crippen LogP contribution in [0, 0.1) is 11.3 Å². The van der Waals surface area contributed by atoms with E-state index in [1.165, 1.54) is 25.7 Å². The van der Waals surface area contributed by atoms with Crippen LogP contribution >= 0.6 is 0 Å². The number of likely N-dealkylation sites (tertiary alicyclic amines) is 2. The Morgan fingerprint density at radius 3 is 2.63 bits per heavy atom. The molecular formula is C24H32N4O2. The normalized spacial score (nSPS) is 24.7. The Bertz CT molecular complexity index is 866. The number of hydrogen-bond donors (Lipinski definition) is 0. The molecule has 1 aromatic carbocycles. The lowest BCUT2D eigenvalue weighted by atomic mass is 9.76. The maximum absolute atomic E-state index is 12.7. The lowest BCUT2D eigenvalue weighted by Gasteiger charge is -2.39. The summed E-state index contributed by atoms with van der Waals surface area (Å²) in [5.74, 6) is 2.39. The zero-order valence-electron chi connectivity index (χ0n) is 17.9. The van der Waals surface area contributed by atoms with Gasteiger partial charge in [0.25, 0.3) is 5.89 Å². The van der Waals surface area contributed by atoms with Gasteiger partial charge in [-0.3, -0.25) is 9.69 Å². The number of aromatic nitrogens is 2. The van der Waals surface area contributed by atoms with Gasteiger partial charge in [-0.15, -0.1) is 0 Å². The van der Waals surface area contributed by atoms with E-state index < -0.39 is 0 Å². The minimum atomic E-state index is 0.187. The van der Waals surface area contributed by atoms with E-state index in [2.05, 4.69) is 22.0 Å². The van der Waals surface area contributed by atoms with Crippen molar-refractivity contribution in [1.29, 1.82) is 0 Å². The number of carbonyl (C=O) groups excluding carboxylic acids is 1. The van der Waals surface area contributed by atoms with E-state index in [0.717, 1.165) is 56.7 Å². The van der Waals surface area contributed by atoms with Gasteiger partial charge in [0, 0.05) is 31.6 Å². The smallest absolute Gasteiger partial charge is 0.257 e. The van der Waals surface area contributed by atoms with Crippen LogP contribution in [0.5, 0.6) is 0 Å². The first kappa shape index (κ1) is 19.7. The summed E-state index contributed by atoms with van der Waals surface area (Å²) in [7, 11) is 2.16. The van der Waals surface area contributed by atoms with Gasteiger partial charge in [0.2, 0.25) is 5.91 Å². The van der Waals surface area contributed by atoms with Gasteiger partial charge < -0.3 is 9.42 Å². The van der Waals surface area contributed by atoms with Gasteiger partial charge in [0.15, 0.2) is 5.82 Å². The largest absolute Gasteiger partial charge is 0.343 e. The monoisotopic (exact) mass is 408 g/mol. The summed E-state index contributed by atoms with van der Waals surface area (Å²) < 4.78 is 5.56. The first-order chi connectivity index (χ1) is 14.6. The van der Waals surface area contributed by atoms with E-state index in [9.17, 15) is 4.79 Å². The second-order valence-electron chi connectivity index (χ2n) is 9.69. The van der Waals surface area contributed by atoms with Crippen molar-refractivity contribution in [3.05, 3.63) is 36.2 Å². The fourth-order valence-corrected chi connectivity index (χ4v) is 5.81. The Morgan fingerprint density at radius 1 is 1.17 bits per heavy atom. The number of piperidine rings is 1. The summed E-state index contributed by atoms with van der Waals surface area (Å²) in [6.45, 7) is 2.83. The third-order valence-corrected chi connectivity index (χ3v) is 7.62. The van der Waals surface area contributed by atoms with Crippen molar-refractivity contribution in [2.45, 2.75) is 57.4 Å². The van der Waals surface area contributed by atoms with E-state index in [0.29, 0.717) is 17.7 Å². The Labute approximate surface area is 178 Å². The van der Waals surface area contributed by atoms with Crippen LogP contribution in [0.2, 0.25) is 0 Å². The first-order valence-corrected chi connectivity index (χ1v) is 11.5. The van der Waals surface area contributed by atoms with Gasteiger partial charge in [0.1, 0.15) is 0 Å². The number of carbonyl (C=O) groups is 1. The standard InChI is InChI=1S/C24H32N4O2/c1-27-17-24(11-13-28(14-12-24)21(29)15-18-7-5-6-8-18)16-20(27)22-25-23(30-26-22)19-9-3-2-4-10-19/h2-4,9-10,18,20H,5-8,11-17H2,1H3. The van der Waals surface area contributed by atoms with Gasteiger partial charge in [-0.05, 0) is 62.6 Å². The SMILES string of the molecule is CN1CC2(CCN(C(=O)CC3CCCC3)CC2)CC1c1noc(-c2ccccc2)n1. The summed E-state index contributed by atoms with van der Waals surface area (Å²) in [5, 5.41) is 4.31. The summed E-state index contributed by atoms with van der Waals surface area (Å²) >= 11 is 0. The van der Waals surface area contributed by atoms with Crippen LogP contribution in [-0.2, 0) is 4.79 Å². The molecule has 3 fully saturated rings. The highest BCUT2D eigenvalue weighted by molar-refractivity contribution is 5.76. The molecule has 0 bridgehead atoms. The molecule has 1 amide bonds. The molecule has 1 spiro atoms. The molecule has 3 aliphatic rings. The molecule has 1 unspecified atom stereocenters. The van der Waals surface area contributed by atoms with Crippen LogP contribution in [0.4, 0.5) is 0 Å². The third-order valence-electron chi connectivity index (χ3n) is 7.62. The molecule has 2 aromatic rings. The molecule has 160 valence electrons. The van der Waals surface area contributed by atoms with Gasteiger partial charge in [-0.1, -0.05) is 36.2 Å². The summed E-state index contributed by atoms with van der Waals surface area (Å²) in [6, 6.07) is 10.1. The topological polar surface area (TPSA) is 62.5 Å². The van der Waals surface area contributed by atoms with E-state index in [-0.39, 0.29) is 11.5 Å². The minimum Gasteiger partial charge on any atom is -0.343 e. The average Bonchev–Trinajstić information content (AvgIpc) is 3.50. The molecule has 2 aliphatic heterocycles. The fourth-order valence-electron chi connectivity index (χ4n) is 5.81. The summed E-state index contributed by atoms with van der Waals surface area (Å²) in [6.07, 6.45) is 9.05. The van der Waals surface area contributed by atoms with Crippen molar-refractivity contribution in [2.75, 3.05) is 26.7 Å². The number of amides is 1. The predicted octanol–water partition coefficient (Wildman–Crippen LogP) is 4.30. The van der Waals surface area contributed by atoms with Crippen molar-refractivity contribution in [1.82, 2.24) is 19.9 Å². The van der Waals surface area contributed by atoms with Crippen molar-refractivity contribution in [3.8, 4) is 11.5 Å². The van der Waals surface area contributed by atoms with Crippen LogP contribution in [0.25, 0.3) is 11.5 Å². The van der Waals surface area contributed by atoms with Gasteiger partial charge in [0.05, 0.1) is 6.04 Å². The van der Waals surface area contributed by atoms with Crippen molar-refractivity contribution in [3.63, 3.8) is 0 Å². The average molecular weight is 409 g/mol. The fraction of sp³-hybridized carbons (Fsp3) is 0.625. The van der Waals surface area contributed by atoms with E-state index in [1.807, 2.05) is 30.3 Å². The zero-order valence-corrected chi connectivity index (χ0v) is 17.9. The first-order valence-electron chi connectivity index (χ1n) is 11.5. The lowest BCUT2D eigenvalue weighted by Crippen LogP contribution is -2.44. The number of rotatable bonds is 4. The summed E-state index contributed by atoms with van der Waals surface area (Å²) in [4.78, 5) is 21.9. The summed E-state index contributed by atoms with van der Waals surface area (Å²) in [5.41, 5.74) is 1.22. The van der Waals surface area contributed by atoms with E-state index >= 15 is 0 Å². The molecular weight excluding hydrogens is 376 g/mol. The van der Waals surface area contributed by atoms with E-state index in [4.69, 9.17) is 9.51 Å². The van der Waals surface area contributed by atoms with Gasteiger partial charge in [-0.25, -0.2) is 0 Å². The molecule has 3 heterocycles. The van der Waals surface area contributed by atoms with E-state index in [1.54, 1.807) is 0 Å². The van der Waals surface area contributed by atoms with Crippen molar-refractivity contribution < 1.29 is 9.32 Å². The number of hydrogen-bond acceptors (Lipinski definition) is 5. The van der Waals surface area contributed by atoms with Crippen LogP contribution in [0.3, 0.4) is 0 Å². The quantitative estimate of drug-likeness (QED) is 0.755. The van der Waals surface area contributed by atoms with Crippen LogP contribution < -0.4 is 0 Å². The van der Waals surface area contributed by atoms with Crippen LogP contribution in [0.15, 0.2) is 34.9 Å². The maximum Gasteiger partial charge on any atom is 0.257 e. The number of nitrogens with zero attached hydrogens (tertiary/aromatic N) is 4.